The number of halogens is 2. The molecule has 27 heavy (non-hydrogen) atoms. The first-order valence-corrected chi connectivity index (χ1v) is 9.31. The first-order valence-electron chi connectivity index (χ1n) is 7.91. The predicted octanol–water partition coefficient (Wildman–Crippen LogP) is 2.50. The number of ether oxygens (including phenoxy) is 1. The summed E-state index contributed by atoms with van der Waals surface area (Å²) in [5.41, 5.74) is 0.167. The molecule has 1 heterocycles. The van der Waals surface area contributed by atoms with Crippen molar-refractivity contribution < 1.29 is 26.7 Å². The Bertz CT molecular complexity index is 1010. The van der Waals surface area contributed by atoms with E-state index >= 15 is 0 Å². The highest BCUT2D eigenvalue weighted by Crippen LogP contribution is 2.41. The maximum Gasteiger partial charge on any atom is 0.326 e. The van der Waals surface area contributed by atoms with E-state index < -0.39 is 33.9 Å². The van der Waals surface area contributed by atoms with Gasteiger partial charge in [0.05, 0.1) is 17.1 Å². The van der Waals surface area contributed by atoms with E-state index in [9.17, 15) is 22.0 Å². The smallest absolute Gasteiger partial charge is 0.326 e. The SMILES string of the molecule is C[C@H](Oc1ccccc1F)C(=O)Nc1cc2c(cc1F)N(C)S(=O)(=O)N2C. The van der Waals surface area contributed by atoms with E-state index in [1.165, 1.54) is 45.3 Å². The van der Waals surface area contributed by atoms with Crippen molar-refractivity contribution in [1.82, 2.24) is 0 Å². The molecule has 0 saturated heterocycles. The van der Waals surface area contributed by atoms with E-state index in [1.54, 1.807) is 6.07 Å². The summed E-state index contributed by atoms with van der Waals surface area (Å²) in [6.45, 7) is 1.39. The fourth-order valence-corrected chi connectivity index (χ4v) is 3.76. The lowest BCUT2D eigenvalue weighted by Crippen LogP contribution is -2.32. The number of hydrogen-bond acceptors (Lipinski definition) is 4. The Balaban J connectivity index is 1.81. The number of benzene rings is 2. The summed E-state index contributed by atoms with van der Waals surface area (Å²) in [4.78, 5) is 12.3. The van der Waals surface area contributed by atoms with Gasteiger partial charge in [0.15, 0.2) is 17.7 Å². The molecule has 0 radical (unpaired) electrons. The van der Waals surface area contributed by atoms with Crippen LogP contribution in [0.2, 0.25) is 0 Å². The van der Waals surface area contributed by atoms with Crippen molar-refractivity contribution in [3.8, 4) is 5.75 Å². The number of fused-ring (bicyclic) bond motifs is 1. The lowest BCUT2D eigenvalue weighted by Gasteiger charge is -2.16. The highest BCUT2D eigenvalue weighted by molar-refractivity contribution is 7.94. The van der Waals surface area contributed by atoms with Crippen LogP contribution in [-0.4, -0.2) is 34.5 Å². The van der Waals surface area contributed by atoms with Crippen molar-refractivity contribution in [3.05, 3.63) is 48.0 Å². The fraction of sp³-hybridized carbons (Fsp3) is 0.235. The van der Waals surface area contributed by atoms with Gasteiger partial charge in [0.1, 0.15) is 5.82 Å². The van der Waals surface area contributed by atoms with Gasteiger partial charge in [-0.05, 0) is 25.1 Å². The minimum atomic E-state index is -3.77. The van der Waals surface area contributed by atoms with Crippen molar-refractivity contribution in [2.45, 2.75) is 13.0 Å². The highest BCUT2D eigenvalue weighted by Gasteiger charge is 2.36. The molecule has 0 aliphatic carbocycles. The lowest BCUT2D eigenvalue weighted by molar-refractivity contribution is -0.122. The quantitative estimate of drug-likeness (QED) is 0.860. The highest BCUT2D eigenvalue weighted by atomic mass is 32.2. The van der Waals surface area contributed by atoms with Gasteiger partial charge in [0.25, 0.3) is 5.91 Å². The third kappa shape index (κ3) is 3.27. The number of nitrogens with one attached hydrogen (secondary N) is 1. The van der Waals surface area contributed by atoms with Crippen LogP contribution in [0.1, 0.15) is 6.92 Å². The van der Waals surface area contributed by atoms with Crippen LogP contribution in [-0.2, 0) is 15.0 Å². The number of para-hydroxylation sites is 1. The third-order valence-electron chi connectivity index (χ3n) is 4.20. The molecule has 0 spiro atoms. The van der Waals surface area contributed by atoms with Crippen LogP contribution in [0.5, 0.6) is 5.75 Å². The topological polar surface area (TPSA) is 79.0 Å². The van der Waals surface area contributed by atoms with Gasteiger partial charge in [0.2, 0.25) is 0 Å². The Labute approximate surface area is 155 Å². The molecule has 1 N–H and O–H groups in total. The molecule has 7 nitrogen and oxygen atoms in total. The summed E-state index contributed by atoms with van der Waals surface area (Å²) in [6.07, 6.45) is -1.11. The Morgan fingerprint density at radius 1 is 1.07 bits per heavy atom. The second-order valence-corrected chi connectivity index (χ2v) is 7.93. The van der Waals surface area contributed by atoms with Crippen molar-refractivity contribution in [3.63, 3.8) is 0 Å². The third-order valence-corrected chi connectivity index (χ3v) is 5.98. The van der Waals surface area contributed by atoms with Gasteiger partial charge in [-0.2, -0.15) is 8.42 Å². The van der Waals surface area contributed by atoms with Crippen LogP contribution < -0.4 is 18.7 Å². The molecular formula is C17H17F2N3O4S. The molecule has 0 bridgehead atoms. The molecule has 0 aromatic heterocycles. The van der Waals surface area contributed by atoms with Gasteiger partial charge in [-0.25, -0.2) is 8.78 Å². The summed E-state index contributed by atoms with van der Waals surface area (Å²) >= 11 is 0. The number of carbonyl (C=O) groups excluding carboxylic acids is 1. The van der Waals surface area contributed by atoms with E-state index in [-0.39, 0.29) is 22.8 Å². The fourth-order valence-electron chi connectivity index (χ4n) is 2.60. The molecule has 1 atom stereocenters. The maximum absolute atomic E-state index is 14.4. The molecular weight excluding hydrogens is 380 g/mol. The zero-order valence-corrected chi connectivity index (χ0v) is 15.5. The van der Waals surface area contributed by atoms with Gasteiger partial charge in [-0.15, -0.1) is 0 Å². The molecule has 2 aromatic carbocycles. The van der Waals surface area contributed by atoms with E-state index in [4.69, 9.17) is 4.74 Å². The Hall–Kier alpha value is -2.88. The molecule has 10 heteroatoms. The van der Waals surface area contributed by atoms with Gasteiger partial charge in [0, 0.05) is 20.2 Å². The number of rotatable bonds is 4. The van der Waals surface area contributed by atoms with Crippen LogP contribution in [0.25, 0.3) is 0 Å². The molecule has 1 aliphatic heterocycles. The van der Waals surface area contributed by atoms with Crippen LogP contribution in [0.15, 0.2) is 36.4 Å². The van der Waals surface area contributed by atoms with Crippen LogP contribution in [0.3, 0.4) is 0 Å². The van der Waals surface area contributed by atoms with E-state index in [2.05, 4.69) is 5.32 Å². The molecule has 2 aromatic rings. The number of carbonyl (C=O) groups is 1. The Morgan fingerprint density at radius 3 is 2.30 bits per heavy atom. The molecule has 1 amide bonds. The Morgan fingerprint density at radius 2 is 1.67 bits per heavy atom. The van der Waals surface area contributed by atoms with Crippen molar-refractivity contribution in [2.75, 3.05) is 28.0 Å². The monoisotopic (exact) mass is 397 g/mol. The van der Waals surface area contributed by atoms with Gasteiger partial charge in [-0.1, -0.05) is 12.1 Å². The number of nitrogens with zero attached hydrogens (tertiary/aromatic N) is 2. The standard InChI is InChI=1S/C17H17F2N3O4S/c1-10(26-16-7-5-4-6-11(16)18)17(23)20-13-9-15-14(8-12(13)19)21(2)27(24,25)22(15)3/h4-10H,1-3H3,(H,20,23)/t10-/m0/s1. The molecule has 0 unspecified atom stereocenters. The first-order chi connectivity index (χ1) is 12.6. The van der Waals surface area contributed by atoms with E-state index in [0.29, 0.717) is 0 Å². The Kier molecular flexibility index (Phi) is 4.68. The number of hydrogen-bond donors (Lipinski definition) is 1. The van der Waals surface area contributed by atoms with E-state index in [1.807, 2.05) is 0 Å². The van der Waals surface area contributed by atoms with Crippen molar-refractivity contribution >= 4 is 33.2 Å². The average molecular weight is 397 g/mol. The maximum atomic E-state index is 14.4. The van der Waals surface area contributed by atoms with Crippen molar-refractivity contribution in [2.24, 2.45) is 0 Å². The summed E-state index contributed by atoms with van der Waals surface area (Å²) in [5, 5.41) is 2.34. The van der Waals surface area contributed by atoms with Gasteiger partial charge < -0.3 is 10.1 Å². The zero-order valence-electron chi connectivity index (χ0n) is 14.7. The number of amides is 1. The summed E-state index contributed by atoms with van der Waals surface area (Å²) in [6, 6.07) is 7.83. The van der Waals surface area contributed by atoms with Crippen LogP contribution >= 0.6 is 0 Å². The second-order valence-electron chi connectivity index (χ2n) is 5.94. The minimum absolute atomic E-state index is 0.109. The molecule has 144 valence electrons. The van der Waals surface area contributed by atoms with Crippen LogP contribution in [0, 0.1) is 11.6 Å². The number of anilines is 3. The zero-order chi connectivity index (χ0) is 19.9. The molecule has 3 rings (SSSR count). The summed E-state index contributed by atoms with van der Waals surface area (Å²) < 4.78 is 59.4. The largest absolute Gasteiger partial charge is 0.478 e. The molecule has 0 fully saturated rings. The first kappa shape index (κ1) is 18.9. The summed E-state index contributed by atoms with van der Waals surface area (Å²) in [7, 11) is -1.14. The summed E-state index contributed by atoms with van der Waals surface area (Å²) in [5.74, 6) is -2.26. The van der Waals surface area contributed by atoms with E-state index in [0.717, 1.165) is 14.7 Å². The molecule has 1 aliphatic rings. The minimum Gasteiger partial charge on any atom is -0.478 e. The second kappa shape index (κ2) is 6.69. The van der Waals surface area contributed by atoms with Crippen LogP contribution in [0.4, 0.5) is 25.8 Å². The normalized spacial score (nSPS) is 16.0. The van der Waals surface area contributed by atoms with Gasteiger partial charge >= 0.3 is 10.2 Å². The van der Waals surface area contributed by atoms with Crippen molar-refractivity contribution in [1.29, 1.82) is 0 Å². The average Bonchev–Trinajstić information content (AvgIpc) is 2.78. The predicted molar refractivity (Wildman–Crippen MR) is 97.2 cm³/mol. The van der Waals surface area contributed by atoms with Gasteiger partial charge in [-0.3, -0.25) is 13.4 Å². The lowest BCUT2D eigenvalue weighted by atomic mass is 10.2. The molecule has 0 saturated carbocycles.